The molecule has 0 aliphatic carbocycles. The van der Waals surface area contributed by atoms with E-state index >= 15 is 0 Å². The molecule has 3 aromatic rings. The van der Waals surface area contributed by atoms with Crippen molar-refractivity contribution in [1.29, 1.82) is 0 Å². The number of aromatic amines is 1. The number of benzene rings is 2. The average Bonchev–Trinajstić information content (AvgIpc) is 3.26. The van der Waals surface area contributed by atoms with Crippen molar-refractivity contribution in [2.45, 2.75) is 25.2 Å². The van der Waals surface area contributed by atoms with Crippen molar-refractivity contribution in [2.24, 2.45) is 10.7 Å². The second-order valence-electron chi connectivity index (χ2n) is 6.66. The molecule has 0 spiro atoms. The Bertz CT molecular complexity index is 775. The molecular formula is C22H28N6. The largest absolute Gasteiger partial charge is 0.369 e. The van der Waals surface area contributed by atoms with Gasteiger partial charge in [-0.2, -0.15) is 0 Å². The number of imidazole rings is 1. The van der Waals surface area contributed by atoms with Gasteiger partial charge >= 0.3 is 0 Å². The second kappa shape index (κ2) is 10.9. The first-order valence-electron chi connectivity index (χ1n) is 9.69. The van der Waals surface area contributed by atoms with Crippen molar-refractivity contribution in [3.63, 3.8) is 0 Å². The number of rotatable bonds is 10. The number of hydrogen-bond acceptors (Lipinski definition) is 3. The molecule has 0 unspecified atom stereocenters. The van der Waals surface area contributed by atoms with Crippen LogP contribution < -0.4 is 16.6 Å². The second-order valence-corrected chi connectivity index (χ2v) is 6.66. The molecular weight excluding hydrogens is 348 g/mol. The SMILES string of the molecule is NC(=NCCCc1cnc[nH]1)NNCCC(c1ccccc1)c1ccccc1. The van der Waals surface area contributed by atoms with E-state index in [1.807, 2.05) is 6.20 Å². The van der Waals surface area contributed by atoms with Gasteiger partial charge in [-0.25, -0.2) is 10.4 Å². The number of nitrogens with zero attached hydrogens (tertiary/aromatic N) is 2. The fourth-order valence-corrected chi connectivity index (χ4v) is 3.20. The van der Waals surface area contributed by atoms with E-state index in [2.05, 4.69) is 86.5 Å². The topological polar surface area (TPSA) is 91.1 Å². The molecule has 0 fully saturated rings. The maximum Gasteiger partial charge on any atom is 0.203 e. The van der Waals surface area contributed by atoms with Crippen LogP contribution in [0.2, 0.25) is 0 Å². The minimum atomic E-state index is 0.337. The van der Waals surface area contributed by atoms with Crippen LogP contribution in [0, 0.1) is 0 Å². The van der Waals surface area contributed by atoms with E-state index in [1.165, 1.54) is 11.1 Å². The lowest BCUT2D eigenvalue weighted by atomic mass is 9.89. The zero-order valence-electron chi connectivity index (χ0n) is 16.0. The molecule has 0 saturated heterocycles. The normalized spacial score (nSPS) is 11.7. The van der Waals surface area contributed by atoms with Gasteiger partial charge in [0.15, 0.2) is 0 Å². The molecule has 5 N–H and O–H groups in total. The van der Waals surface area contributed by atoms with Gasteiger partial charge in [0.2, 0.25) is 5.96 Å². The van der Waals surface area contributed by atoms with Crippen molar-refractivity contribution in [3.8, 4) is 0 Å². The van der Waals surface area contributed by atoms with Gasteiger partial charge in [0.25, 0.3) is 0 Å². The van der Waals surface area contributed by atoms with E-state index in [0.717, 1.165) is 31.5 Å². The zero-order chi connectivity index (χ0) is 19.4. The van der Waals surface area contributed by atoms with Crippen LogP contribution in [-0.4, -0.2) is 29.0 Å². The highest BCUT2D eigenvalue weighted by atomic mass is 15.4. The summed E-state index contributed by atoms with van der Waals surface area (Å²) < 4.78 is 0. The number of aliphatic imine (C=N–C) groups is 1. The number of nitrogens with one attached hydrogen (secondary N) is 3. The van der Waals surface area contributed by atoms with Crippen molar-refractivity contribution >= 4 is 5.96 Å². The summed E-state index contributed by atoms with van der Waals surface area (Å²) in [7, 11) is 0. The van der Waals surface area contributed by atoms with Crippen LogP contribution in [0.3, 0.4) is 0 Å². The summed E-state index contributed by atoms with van der Waals surface area (Å²) in [6.45, 7) is 1.45. The smallest absolute Gasteiger partial charge is 0.203 e. The number of guanidine groups is 1. The number of hydrazine groups is 1. The summed E-state index contributed by atoms with van der Waals surface area (Å²) in [5.74, 6) is 0.754. The Morgan fingerprint density at radius 3 is 2.32 bits per heavy atom. The Morgan fingerprint density at radius 1 is 1.04 bits per heavy atom. The van der Waals surface area contributed by atoms with Crippen LogP contribution in [0.4, 0.5) is 0 Å². The van der Waals surface area contributed by atoms with Gasteiger partial charge < -0.3 is 10.7 Å². The molecule has 0 amide bonds. The minimum Gasteiger partial charge on any atom is -0.369 e. The highest BCUT2D eigenvalue weighted by molar-refractivity contribution is 5.77. The first kappa shape index (κ1) is 19.6. The molecule has 1 heterocycles. The van der Waals surface area contributed by atoms with E-state index in [4.69, 9.17) is 5.73 Å². The molecule has 0 bridgehead atoms. The molecule has 6 heteroatoms. The third-order valence-electron chi connectivity index (χ3n) is 4.62. The molecule has 0 aliphatic heterocycles. The summed E-state index contributed by atoms with van der Waals surface area (Å²) in [5, 5.41) is 0. The predicted molar refractivity (Wildman–Crippen MR) is 114 cm³/mol. The molecule has 28 heavy (non-hydrogen) atoms. The molecule has 0 aliphatic rings. The van der Waals surface area contributed by atoms with Gasteiger partial charge in [-0.15, -0.1) is 0 Å². The third-order valence-corrected chi connectivity index (χ3v) is 4.62. The van der Waals surface area contributed by atoms with E-state index < -0.39 is 0 Å². The number of H-pyrrole nitrogens is 1. The number of aryl methyl sites for hydroxylation is 1. The fraction of sp³-hybridized carbons (Fsp3) is 0.273. The lowest BCUT2D eigenvalue weighted by molar-refractivity contribution is 0.584. The van der Waals surface area contributed by atoms with Gasteiger partial charge in [-0.05, 0) is 30.4 Å². The Morgan fingerprint density at radius 2 is 1.71 bits per heavy atom. The van der Waals surface area contributed by atoms with Crippen LogP contribution in [0.15, 0.2) is 78.2 Å². The molecule has 3 rings (SSSR count). The quantitative estimate of drug-likeness (QED) is 0.189. The number of nitrogens with two attached hydrogens (primary N) is 1. The van der Waals surface area contributed by atoms with Crippen molar-refractivity contribution in [2.75, 3.05) is 13.1 Å². The molecule has 0 radical (unpaired) electrons. The average molecular weight is 377 g/mol. The Hall–Kier alpha value is -3.12. The standard InChI is InChI=1S/C22H28N6/c23-22(25-14-7-12-20-16-24-17-26-20)28-27-15-13-21(18-8-3-1-4-9-18)19-10-5-2-6-11-19/h1-6,8-11,16-17,21,27H,7,12-15H2,(H,24,26)(H3,23,25,28). The third kappa shape index (κ3) is 6.25. The monoisotopic (exact) mass is 376 g/mol. The molecule has 0 atom stereocenters. The highest BCUT2D eigenvalue weighted by Gasteiger charge is 2.13. The Balaban J connectivity index is 1.43. The van der Waals surface area contributed by atoms with Gasteiger partial charge in [-0.3, -0.25) is 10.4 Å². The summed E-state index contributed by atoms with van der Waals surface area (Å²) in [6, 6.07) is 21.2. The van der Waals surface area contributed by atoms with Crippen LogP contribution >= 0.6 is 0 Å². The predicted octanol–water partition coefficient (Wildman–Crippen LogP) is 2.97. The van der Waals surface area contributed by atoms with Gasteiger partial charge in [0.05, 0.1) is 6.33 Å². The van der Waals surface area contributed by atoms with Crippen LogP contribution in [0.5, 0.6) is 0 Å². The molecule has 1 aromatic heterocycles. The summed E-state index contributed by atoms with van der Waals surface area (Å²) >= 11 is 0. The minimum absolute atomic E-state index is 0.337. The lowest BCUT2D eigenvalue weighted by Gasteiger charge is -2.18. The molecule has 0 saturated carbocycles. The van der Waals surface area contributed by atoms with E-state index in [0.29, 0.717) is 18.4 Å². The number of hydrogen-bond donors (Lipinski definition) is 4. The van der Waals surface area contributed by atoms with Gasteiger partial charge in [0, 0.05) is 30.9 Å². The summed E-state index contributed by atoms with van der Waals surface area (Å²) in [6.07, 6.45) is 6.32. The number of aromatic nitrogens is 2. The maximum atomic E-state index is 5.93. The molecule has 146 valence electrons. The van der Waals surface area contributed by atoms with Crippen molar-refractivity contribution < 1.29 is 0 Å². The van der Waals surface area contributed by atoms with Crippen molar-refractivity contribution in [1.82, 2.24) is 20.8 Å². The lowest BCUT2D eigenvalue weighted by Crippen LogP contribution is -2.43. The van der Waals surface area contributed by atoms with Crippen molar-refractivity contribution in [3.05, 3.63) is 90.0 Å². The van der Waals surface area contributed by atoms with Crippen LogP contribution in [0.25, 0.3) is 0 Å². The summed E-state index contributed by atoms with van der Waals surface area (Å²) in [5.41, 5.74) is 15.9. The summed E-state index contributed by atoms with van der Waals surface area (Å²) in [4.78, 5) is 11.4. The first-order chi connectivity index (χ1) is 13.8. The highest BCUT2D eigenvalue weighted by Crippen LogP contribution is 2.27. The van der Waals surface area contributed by atoms with E-state index in [-0.39, 0.29) is 0 Å². The van der Waals surface area contributed by atoms with Crippen LogP contribution in [-0.2, 0) is 6.42 Å². The molecule has 6 nitrogen and oxygen atoms in total. The maximum absolute atomic E-state index is 5.93. The van der Waals surface area contributed by atoms with Gasteiger partial charge in [-0.1, -0.05) is 60.7 Å². The molecule has 2 aromatic carbocycles. The zero-order valence-corrected chi connectivity index (χ0v) is 16.0. The van der Waals surface area contributed by atoms with E-state index in [1.54, 1.807) is 6.33 Å². The first-order valence-corrected chi connectivity index (χ1v) is 9.69. The Kier molecular flexibility index (Phi) is 7.64. The van der Waals surface area contributed by atoms with Gasteiger partial charge in [0.1, 0.15) is 0 Å². The fourth-order valence-electron chi connectivity index (χ4n) is 3.20. The Labute approximate surface area is 166 Å². The van der Waals surface area contributed by atoms with E-state index in [9.17, 15) is 0 Å². The van der Waals surface area contributed by atoms with Crippen LogP contribution in [0.1, 0.15) is 35.6 Å².